The molecule has 0 unspecified atom stereocenters. The molecule has 2 aromatic rings. The summed E-state index contributed by atoms with van der Waals surface area (Å²) in [5, 5.41) is 4.85. The fraction of sp³-hybridized carbons (Fsp3) is 0.316. The molecule has 1 aliphatic rings. The molecule has 0 radical (unpaired) electrons. The fourth-order valence-corrected chi connectivity index (χ4v) is 3.59. The zero-order chi connectivity index (χ0) is 18.0. The molecule has 5 nitrogen and oxygen atoms in total. The monoisotopic (exact) mass is 357 g/mol. The van der Waals surface area contributed by atoms with Gasteiger partial charge < -0.3 is 10.1 Å². The van der Waals surface area contributed by atoms with Crippen LogP contribution in [-0.4, -0.2) is 24.3 Å². The smallest absolute Gasteiger partial charge is 0.341 e. The van der Waals surface area contributed by atoms with Gasteiger partial charge in [-0.15, -0.1) is 11.3 Å². The normalized spacial score (nSPS) is 13.4. The molecule has 0 aliphatic heterocycles. The first-order chi connectivity index (χ1) is 12.0. The number of amides is 1. The molecule has 0 spiro atoms. The lowest BCUT2D eigenvalue weighted by Crippen LogP contribution is -2.23. The summed E-state index contributed by atoms with van der Waals surface area (Å²) in [6, 6.07) is 6.79. The van der Waals surface area contributed by atoms with E-state index in [0.717, 1.165) is 24.0 Å². The summed E-state index contributed by atoms with van der Waals surface area (Å²) >= 11 is 1.26. The molecule has 1 saturated carbocycles. The summed E-state index contributed by atoms with van der Waals surface area (Å²) in [4.78, 5) is 36.9. The summed E-state index contributed by atoms with van der Waals surface area (Å²) in [6.07, 6.45) is 2.05. The van der Waals surface area contributed by atoms with E-state index < -0.39 is 17.7 Å². The molecule has 1 aromatic carbocycles. The highest BCUT2D eigenvalue weighted by molar-refractivity contribution is 7.15. The maximum atomic E-state index is 12.3. The summed E-state index contributed by atoms with van der Waals surface area (Å²) < 4.78 is 5.12. The van der Waals surface area contributed by atoms with Crippen LogP contribution in [0.4, 0.5) is 5.00 Å². The molecule has 25 heavy (non-hydrogen) atoms. The van der Waals surface area contributed by atoms with Crippen molar-refractivity contribution in [3.8, 4) is 0 Å². The first kappa shape index (κ1) is 17.4. The Hall–Kier alpha value is -2.47. The predicted octanol–water partition coefficient (Wildman–Crippen LogP) is 3.93. The second kappa shape index (κ2) is 7.19. The number of hydrogen-bond donors (Lipinski definition) is 1. The van der Waals surface area contributed by atoms with Crippen molar-refractivity contribution in [2.24, 2.45) is 0 Å². The Morgan fingerprint density at radius 1 is 1.20 bits per heavy atom. The van der Waals surface area contributed by atoms with Crippen molar-refractivity contribution >= 4 is 34.0 Å². The van der Waals surface area contributed by atoms with Gasteiger partial charge in [0, 0.05) is 5.56 Å². The molecule has 3 rings (SSSR count). The average Bonchev–Trinajstić information content (AvgIpc) is 3.36. The lowest BCUT2D eigenvalue weighted by molar-refractivity contribution is -0.112. The predicted molar refractivity (Wildman–Crippen MR) is 96.4 cm³/mol. The second-order valence-corrected chi connectivity index (χ2v) is 6.92. The van der Waals surface area contributed by atoms with Crippen molar-refractivity contribution in [2.45, 2.75) is 32.6 Å². The quantitative estimate of drug-likeness (QED) is 0.483. The molecular weight excluding hydrogens is 338 g/mol. The van der Waals surface area contributed by atoms with Gasteiger partial charge in [-0.3, -0.25) is 9.59 Å². The number of ether oxygens (including phenoxy) is 1. The van der Waals surface area contributed by atoms with Gasteiger partial charge in [0.15, 0.2) is 0 Å². The number of benzene rings is 1. The Morgan fingerprint density at radius 2 is 1.88 bits per heavy atom. The molecule has 1 aliphatic carbocycles. The van der Waals surface area contributed by atoms with Crippen molar-refractivity contribution in [2.75, 3.05) is 11.9 Å². The number of hydrogen-bond acceptors (Lipinski definition) is 5. The minimum absolute atomic E-state index is 0.258. The zero-order valence-corrected chi connectivity index (χ0v) is 14.9. The van der Waals surface area contributed by atoms with Crippen LogP contribution in [0.25, 0.3) is 0 Å². The van der Waals surface area contributed by atoms with Gasteiger partial charge in [0.2, 0.25) is 0 Å². The van der Waals surface area contributed by atoms with E-state index in [1.54, 1.807) is 31.2 Å². The van der Waals surface area contributed by atoms with Crippen LogP contribution in [-0.2, 0) is 9.53 Å². The highest BCUT2D eigenvalue weighted by Gasteiger charge is 2.32. The number of carbonyl (C=O) groups is 3. The van der Waals surface area contributed by atoms with Gasteiger partial charge in [0.1, 0.15) is 5.00 Å². The maximum Gasteiger partial charge on any atom is 0.341 e. The average molecular weight is 357 g/mol. The molecular formula is C19H19NO4S. The third-order valence-electron chi connectivity index (χ3n) is 4.06. The molecule has 0 bridgehead atoms. The number of anilines is 1. The molecule has 130 valence electrons. The minimum Gasteiger partial charge on any atom is -0.462 e. The van der Waals surface area contributed by atoms with Crippen molar-refractivity contribution in [3.63, 3.8) is 0 Å². The van der Waals surface area contributed by atoms with Crippen molar-refractivity contribution in [3.05, 3.63) is 51.9 Å². The van der Waals surface area contributed by atoms with Gasteiger partial charge in [-0.1, -0.05) is 29.8 Å². The molecule has 6 heteroatoms. The number of Topliss-reactive ketones (excluding diaryl/α,β-unsaturated/α-hetero) is 1. The molecule has 1 heterocycles. The van der Waals surface area contributed by atoms with Crippen molar-refractivity contribution in [1.29, 1.82) is 0 Å². The fourth-order valence-electron chi connectivity index (χ4n) is 2.57. The summed E-state index contributed by atoms with van der Waals surface area (Å²) in [7, 11) is 0. The molecule has 0 saturated heterocycles. The molecule has 1 fully saturated rings. The topological polar surface area (TPSA) is 72.5 Å². The molecule has 1 aromatic heterocycles. The van der Waals surface area contributed by atoms with E-state index in [1.165, 1.54) is 11.3 Å². The second-order valence-electron chi connectivity index (χ2n) is 6.04. The van der Waals surface area contributed by atoms with Crippen LogP contribution >= 0.6 is 11.3 Å². The number of ketones is 1. The van der Waals surface area contributed by atoms with Crippen LogP contribution in [0, 0.1) is 6.92 Å². The Bertz CT molecular complexity index is 818. The third kappa shape index (κ3) is 3.79. The lowest BCUT2D eigenvalue weighted by atomic mass is 10.1. The van der Waals surface area contributed by atoms with Crippen LogP contribution < -0.4 is 5.32 Å². The Kier molecular flexibility index (Phi) is 4.99. The van der Waals surface area contributed by atoms with Crippen molar-refractivity contribution < 1.29 is 19.1 Å². The van der Waals surface area contributed by atoms with Crippen LogP contribution in [0.5, 0.6) is 0 Å². The molecule has 1 N–H and O–H groups in total. The van der Waals surface area contributed by atoms with Crippen LogP contribution in [0.3, 0.4) is 0 Å². The molecule has 1 amide bonds. The molecule has 0 atom stereocenters. The standard InChI is InChI=1S/C19H19NO4S/c1-3-24-19(23)15-14(12-8-9-12)10-25-18(15)20-17(22)16(21)13-6-4-11(2)5-7-13/h4-7,10,12H,3,8-9H2,1-2H3,(H,20,22). The highest BCUT2D eigenvalue weighted by atomic mass is 32.1. The van der Waals surface area contributed by atoms with Gasteiger partial charge in [-0.2, -0.15) is 0 Å². The largest absolute Gasteiger partial charge is 0.462 e. The van der Waals surface area contributed by atoms with E-state index in [1.807, 2.05) is 12.3 Å². The highest BCUT2D eigenvalue weighted by Crippen LogP contribution is 2.46. The summed E-state index contributed by atoms with van der Waals surface area (Å²) in [5.41, 5.74) is 2.62. The van der Waals surface area contributed by atoms with Crippen LogP contribution in [0.2, 0.25) is 0 Å². The van der Waals surface area contributed by atoms with E-state index in [0.29, 0.717) is 22.0 Å². The first-order valence-electron chi connectivity index (χ1n) is 8.22. The van der Waals surface area contributed by atoms with Gasteiger partial charge in [0.05, 0.1) is 12.2 Å². The lowest BCUT2D eigenvalue weighted by Gasteiger charge is -2.08. The van der Waals surface area contributed by atoms with Gasteiger partial charge in [-0.05, 0) is 43.6 Å². The van der Waals surface area contributed by atoms with E-state index in [4.69, 9.17) is 4.74 Å². The zero-order valence-electron chi connectivity index (χ0n) is 14.1. The van der Waals surface area contributed by atoms with Gasteiger partial charge in [-0.25, -0.2) is 4.79 Å². The van der Waals surface area contributed by atoms with E-state index in [9.17, 15) is 14.4 Å². The van der Waals surface area contributed by atoms with Gasteiger partial charge in [0.25, 0.3) is 11.7 Å². The van der Waals surface area contributed by atoms with E-state index in [2.05, 4.69) is 5.32 Å². The van der Waals surface area contributed by atoms with Crippen LogP contribution in [0.1, 0.15) is 57.5 Å². The van der Waals surface area contributed by atoms with Crippen molar-refractivity contribution in [1.82, 2.24) is 0 Å². The number of nitrogens with one attached hydrogen (secondary N) is 1. The number of esters is 1. The van der Waals surface area contributed by atoms with Crippen LogP contribution in [0.15, 0.2) is 29.6 Å². The number of thiophene rings is 1. The maximum absolute atomic E-state index is 12.3. The number of aryl methyl sites for hydroxylation is 1. The summed E-state index contributed by atoms with van der Waals surface area (Å²) in [6.45, 7) is 3.90. The third-order valence-corrected chi connectivity index (χ3v) is 4.98. The van der Waals surface area contributed by atoms with Gasteiger partial charge >= 0.3 is 5.97 Å². The minimum atomic E-state index is -0.751. The Balaban J connectivity index is 1.82. The Labute approximate surface area is 150 Å². The number of rotatable bonds is 6. The SMILES string of the molecule is CCOC(=O)c1c(C2CC2)csc1NC(=O)C(=O)c1ccc(C)cc1. The first-order valence-corrected chi connectivity index (χ1v) is 9.10. The summed E-state index contributed by atoms with van der Waals surface area (Å²) in [5.74, 6) is -1.49. The van der Waals surface area contributed by atoms with E-state index in [-0.39, 0.29) is 6.61 Å². The van der Waals surface area contributed by atoms with E-state index >= 15 is 0 Å². The Morgan fingerprint density at radius 3 is 2.48 bits per heavy atom. The number of carbonyl (C=O) groups excluding carboxylic acids is 3.